The molecule has 0 aromatic heterocycles. The molecular weight excluding hydrogens is 701 g/mol. The lowest BCUT2D eigenvalue weighted by Crippen LogP contribution is -2.45. The molecule has 1 unspecified atom stereocenters. The van der Waals surface area contributed by atoms with Gasteiger partial charge in [0.05, 0.1) is 15.8 Å². The fraction of sp³-hybridized carbons (Fsp3) is 0.455. The lowest BCUT2D eigenvalue weighted by Gasteiger charge is -2.43. The van der Waals surface area contributed by atoms with E-state index in [0.717, 1.165) is 59.0 Å². The Hall–Kier alpha value is -4.25. The third-order valence-electron chi connectivity index (χ3n) is 10.8. The van der Waals surface area contributed by atoms with E-state index in [1.54, 1.807) is 13.2 Å². The number of allylic oxidation sites excluding steroid dienone is 9. The molecule has 5 rings (SSSR count). The molecule has 3 aliphatic heterocycles. The van der Waals surface area contributed by atoms with Crippen molar-refractivity contribution in [1.82, 2.24) is 0 Å². The van der Waals surface area contributed by atoms with Crippen LogP contribution in [-0.4, -0.2) is 66.7 Å². The lowest BCUT2D eigenvalue weighted by molar-refractivity contribution is -0.438. The normalized spacial score (nSPS) is 20.3. The number of ether oxygens (including phenoxy) is 2. The quantitative estimate of drug-likeness (QED) is 0.0878. The molecule has 0 fully saturated rings. The minimum atomic E-state index is -4.67. The third-order valence-corrected chi connectivity index (χ3v) is 11.6. The van der Waals surface area contributed by atoms with Crippen molar-refractivity contribution in [3.05, 3.63) is 95.3 Å². The molecule has 54 heavy (non-hydrogen) atoms. The first-order valence-corrected chi connectivity index (χ1v) is 20.3. The van der Waals surface area contributed by atoms with Crippen LogP contribution in [0.25, 0.3) is 11.1 Å². The first-order valence-electron chi connectivity index (χ1n) is 18.9. The van der Waals surface area contributed by atoms with Crippen molar-refractivity contribution in [2.75, 3.05) is 31.7 Å². The van der Waals surface area contributed by atoms with Crippen LogP contribution < -0.4 is 9.64 Å². The highest BCUT2D eigenvalue weighted by atomic mass is 32.2. The molecule has 290 valence electrons. The van der Waals surface area contributed by atoms with Crippen LogP contribution in [0.2, 0.25) is 0 Å². The molecule has 0 spiro atoms. The second-order valence-electron chi connectivity index (χ2n) is 16.3. The van der Waals surface area contributed by atoms with Gasteiger partial charge < -0.3 is 24.0 Å². The summed E-state index contributed by atoms with van der Waals surface area (Å²) in [5.41, 5.74) is 7.26. The molecule has 0 saturated carbocycles. The molecule has 0 saturated heterocycles. The van der Waals surface area contributed by atoms with Crippen molar-refractivity contribution in [1.29, 1.82) is 0 Å². The number of hydrogen-bond donors (Lipinski definition) is 1. The number of aliphatic carboxylic acids is 1. The molecule has 3 heterocycles. The summed E-state index contributed by atoms with van der Waals surface area (Å²) in [6, 6.07) is 9.02. The molecule has 2 aromatic rings. The third kappa shape index (κ3) is 8.51. The Morgan fingerprint density at radius 2 is 1.80 bits per heavy atom. The van der Waals surface area contributed by atoms with Crippen molar-refractivity contribution in [3.8, 4) is 5.75 Å². The number of methoxy groups -OCH3 is 1. The number of rotatable bonds is 14. The maximum Gasteiger partial charge on any atom is 0.303 e. The Labute approximate surface area is 321 Å². The van der Waals surface area contributed by atoms with Crippen LogP contribution in [0.5, 0.6) is 5.75 Å². The van der Waals surface area contributed by atoms with Crippen molar-refractivity contribution < 1.29 is 36.9 Å². The maximum atomic E-state index is 12.1. The Kier molecular flexibility index (Phi) is 12.0. The fourth-order valence-corrected chi connectivity index (χ4v) is 8.45. The molecule has 0 aliphatic carbocycles. The van der Waals surface area contributed by atoms with Crippen LogP contribution in [0.4, 0.5) is 11.4 Å². The first-order chi connectivity index (χ1) is 25.3. The highest BCUT2D eigenvalue weighted by molar-refractivity contribution is 7.85. The van der Waals surface area contributed by atoms with Crippen molar-refractivity contribution >= 4 is 44.3 Å². The lowest BCUT2D eigenvalue weighted by atomic mass is 9.76. The molecule has 10 heteroatoms. The van der Waals surface area contributed by atoms with E-state index >= 15 is 0 Å². The van der Waals surface area contributed by atoms with E-state index in [0.29, 0.717) is 26.0 Å². The predicted octanol–water partition coefficient (Wildman–Crippen LogP) is 9.17. The summed E-state index contributed by atoms with van der Waals surface area (Å²) in [5.74, 6) is 0.916. The molecule has 0 bridgehead atoms. The van der Waals surface area contributed by atoms with Gasteiger partial charge in [0.1, 0.15) is 28.2 Å². The van der Waals surface area contributed by atoms with E-state index in [-0.39, 0.29) is 22.3 Å². The van der Waals surface area contributed by atoms with Crippen LogP contribution in [0.15, 0.2) is 83.5 Å². The molecular formula is C44H56N2O7S. The van der Waals surface area contributed by atoms with Gasteiger partial charge in [0, 0.05) is 79.1 Å². The monoisotopic (exact) mass is 756 g/mol. The van der Waals surface area contributed by atoms with E-state index in [9.17, 15) is 17.8 Å². The number of benzene rings is 2. The number of carboxylic acid groups (broad SMARTS) is 1. The van der Waals surface area contributed by atoms with Gasteiger partial charge in [-0.2, -0.15) is 4.58 Å². The zero-order chi connectivity index (χ0) is 39.6. The zero-order valence-electron chi connectivity index (χ0n) is 33.3. The minimum absolute atomic E-state index is 0.112. The van der Waals surface area contributed by atoms with Gasteiger partial charge in [-0.05, 0) is 89.3 Å². The van der Waals surface area contributed by atoms with Crippen LogP contribution in [0, 0.1) is 5.41 Å². The molecule has 3 aliphatic rings. The van der Waals surface area contributed by atoms with Gasteiger partial charge in [-0.3, -0.25) is 4.79 Å². The average molecular weight is 757 g/mol. The van der Waals surface area contributed by atoms with Gasteiger partial charge in [0.25, 0.3) is 0 Å². The van der Waals surface area contributed by atoms with Crippen LogP contribution in [-0.2, 0) is 25.1 Å². The predicted molar refractivity (Wildman–Crippen MR) is 216 cm³/mol. The van der Waals surface area contributed by atoms with Gasteiger partial charge in [-0.15, -0.1) is 0 Å². The van der Waals surface area contributed by atoms with Gasteiger partial charge in [-0.1, -0.05) is 51.2 Å². The van der Waals surface area contributed by atoms with E-state index < -0.39 is 21.5 Å². The van der Waals surface area contributed by atoms with Crippen molar-refractivity contribution in [2.45, 2.75) is 103 Å². The molecule has 1 atom stereocenters. The topological polar surface area (TPSA) is 119 Å². The summed E-state index contributed by atoms with van der Waals surface area (Å²) in [5, 5.41) is 9.12. The number of carboxylic acids is 1. The Morgan fingerprint density at radius 1 is 1.06 bits per heavy atom. The summed E-state index contributed by atoms with van der Waals surface area (Å²) in [4.78, 5) is 13.3. The number of nitrogens with zero attached hydrogens (tertiary/aromatic N) is 2. The smallest absolute Gasteiger partial charge is 0.303 e. The number of anilines is 1. The van der Waals surface area contributed by atoms with Gasteiger partial charge in [-0.25, -0.2) is 8.42 Å². The standard InChI is InChI=1S/C44H56N2O7S/c1-10-46-37-28-38-34(27-33(37)30(2)29-43(46,6)7)31(25-40(53-38)42(3,4)5)17-13-11-14-18-39-44(8,22-24-52-9)35-26-32(54(49,50)51)20-21-36(35)45(39)23-16-12-15-19-41(47)48/h11,13-14,17-18,20-21,25-29H,10,12,15-16,19,22-24H2,1-9H3,(H-,47,48,49,50,51). The Morgan fingerprint density at radius 3 is 2.44 bits per heavy atom. The van der Waals surface area contributed by atoms with E-state index in [4.69, 9.17) is 14.6 Å². The van der Waals surface area contributed by atoms with Crippen molar-refractivity contribution in [2.24, 2.45) is 5.41 Å². The minimum Gasteiger partial charge on any atom is -0.744 e. The molecule has 0 amide bonds. The number of likely N-dealkylation sites (N-methyl/N-ethyl adjacent to an activating group) is 1. The second-order valence-corrected chi connectivity index (χ2v) is 17.6. The van der Waals surface area contributed by atoms with Gasteiger partial charge in [0.2, 0.25) is 5.69 Å². The summed E-state index contributed by atoms with van der Waals surface area (Å²) in [6.07, 6.45) is 17.3. The summed E-state index contributed by atoms with van der Waals surface area (Å²) < 4.78 is 50.6. The Bertz CT molecular complexity index is 2090. The molecule has 1 N–H and O–H groups in total. The van der Waals surface area contributed by atoms with Crippen LogP contribution in [0.1, 0.15) is 104 Å². The van der Waals surface area contributed by atoms with Crippen LogP contribution >= 0.6 is 0 Å². The molecule has 0 radical (unpaired) electrons. The largest absolute Gasteiger partial charge is 0.744 e. The summed E-state index contributed by atoms with van der Waals surface area (Å²) in [7, 11) is -3.04. The van der Waals surface area contributed by atoms with E-state index in [1.807, 2.05) is 24.3 Å². The highest BCUT2D eigenvalue weighted by Gasteiger charge is 2.47. The number of hydrogen-bond acceptors (Lipinski definition) is 7. The van der Waals surface area contributed by atoms with E-state index in [1.165, 1.54) is 29.0 Å². The first kappa shape index (κ1) is 40.9. The average Bonchev–Trinajstić information content (AvgIpc) is 3.31. The SMILES string of the molecule is CCN1c2cc3c(cc2C(C)=CC1(C)C)/C(=C/C=C/C=C/C1=[N+](CCCCCC(=O)O)c2ccc(S(=O)(=O)[O-])cc2C1(C)CCOC)C=C(C(C)(C)C)O3. The zero-order valence-corrected chi connectivity index (χ0v) is 34.1. The van der Waals surface area contributed by atoms with Crippen LogP contribution in [0.3, 0.4) is 0 Å². The van der Waals surface area contributed by atoms with Crippen molar-refractivity contribution in [3.63, 3.8) is 0 Å². The summed E-state index contributed by atoms with van der Waals surface area (Å²) >= 11 is 0. The van der Waals surface area contributed by atoms with E-state index in [2.05, 4.69) is 95.2 Å². The fourth-order valence-electron chi connectivity index (χ4n) is 7.96. The second kappa shape index (κ2) is 15.8. The highest BCUT2D eigenvalue weighted by Crippen LogP contribution is 2.48. The number of unbranched alkanes of at least 4 members (excludes halogenated alkanes) is 2. The molecule has 9 nitrogen and oxygen atoms in total. The number of carbonyl (C=O) groups is 1. The summed E-state index contributed by atoms with van der Waals surface area (Å²) in [6.45, 7) is 19.2. The maximum absolute atomic E-state index is 12.1. The number of fused-ring (bicyclic) bond motifs is 3. The molecule has 2 aromatic carbocycles. The van der Waals surface area contributed by atoms with Gasteiger partial charge >= 0.3 is 5.97 Å². The van der Waals surface area contributed by atoms with Gasteiger partial charge in [0.15, 0.2) is 5.71 Å². The Balaban J connectivity index is 1.54.